The Hall–Kier alpha value is 0.354. The van der Waals surface area contributed by atoms with Crippen molar-refractivity contribution in [3.05, 3.63) is 0 Å². The van der Waals surface area contributed by atoms with Crippen LogP contribution in [0.1, 0.15) is 84.0 Å². The van der Waals surface area contributed by atoms with E-state index in [1.54, 1.807) is 0 Å². The van der Waals surface area contributed by atoms with Gasteiger partial charge in [-0.05, 0) is 49.4 Å². The number of rotatable bonds is 8. The molecule has 3 saturated carbocycles. The van der Waals surface area contributed by atoms with Crippen LogP contribution in [0, 0.1) is 17.8 Å². The molecule has 0 radical (unpaired) electrons. The highest BCUT2D eigenvalue weighted by Gasteiger charge is 2.35. The SMILES string of the molecule is CCO[Si](C)(C)C1CCCC1.CO[SiH2]CC(C1CCCC1)C1CCCC1. The van der Waals surface area contributed by atoms with Gasteiger partial charge in [0.25, 0.3) is 0 Å². The Labute approximate surface area is 167 Å². The van der Waals surface area contributed by atoms with E-state index in [0.29, 0.717) is 0 Å². The van der Waals surface area contributed by atoms with Crippen molar-refractivity contribution in [1.29, 1.82) is 0 Å². The average molecular weight is 399 g/mol. The van der Waals surface area contributed by atoms with Gasteiger partial charge in [0.1, 0.15) is 0 Å². The van der Waals surface area contributed by atoms with Gasteiger partial charge in [0.2, 0.25) is 0 Å². The summed E-state index contributed by atoms with van der Waals surface area (Å²) in [5, 5.41) is 0. The molecule has 0 heterocycles. The monoisotopic (exact) mass is 398 g/mol. The Morgan fingerprint density at radius 2 is 1.31 bits per heavy atom. The molecular formula is C22H46O2Si2. The van der Waals surface area contributed by atoms with E-state index < -0.39 is 8.32 Å². The Balaban J connectivity index is 0.000000197. The van der Waals surface area contributed by atoms with Gasteiger partial charge in [-0.15, -0.1) is 0 Å². The average Bonchev–Trinajstić information content (AvgIpc) is 3.38. The van der Waals surface area contributed by atoms with Gasteiger partial charge in [-0.1, -0.05) is 77.0 Å². The van der Waals surface area contributed by atoms with Crippen LogP contribution in [0.25, 0.3) is 0 Å². The molecule has 0 aromatic carbocycles. The van der Waals surface area contributed by atoms with E-state index in [0.717, 1.165) is 29.9 Å². The van der Waals surface area contributed by atoms with Gasteiger partial charge in [0, 0.05) is 13.7 Å². The summed E-state index contributed by atoms with van der Waals surface area (Å²) in [4.78, 5) is 0. The zero-order valence-electron chi connectivity index (χ0n) is 18.2. The van der Waals surface area contributed by atoms with E-state index in [9.17, 15) is 0 Å². The van der Waals surface area contributed by atoms with Gasteiger partial charge >= 0.3 is 0 Å². The molecule has 26 heavy (non-hydrogen) atoms. The minimum Gasteiger partial charge on any atom is -0.427 e. The zero-order chi connectivity index (χ0) is 18.8. The van der Waals surface area contributed by atoms with E-state index in [1.165, 1.54) is 83.1 Å². The van der Waals surface area contributed by atoms with Gasteiger partial charge in [-0.25, -0.2) is 0 Å². The second-order valence-corrected chi connectivity index (χ2v) is 15.4. The van der Waals surface area contributed by atoms with Crippen LogP contribution >= 0.6 is 0 Å². The minimum absolute atomic E-state index is 0.193. The van der Waals surface area contributed by atoms with Crippen molar-refractivity contribution in [2.45, 2.75) is 109 Å². The lowest BCUT2D eigenvalue weighted by Gasteiger charge is -2.28. The van der Waals surface area contributed by atoms with Crippen LogP contribution in [0.4, 0.5) is 0 Å². The number of hydrogen-bond donors (Lipinski definition) is 0. The van der Waals surface area contributed by atoms with Gasteiger partial charge < -0.3 is 8.85 Å². The van der Waals surface area contributed by atoms with Crippen LogP contribution in [0.2, 0.25) is 24.7 Å². The summed E-state index contributed by atoms with van der Waals surface area (Å²) in [5.74, 6) is 3.22. The predicted molar refractivity (Wildman–Crippen MR) is 119 cm³/mol. The fourth-order valence-corrected chi connectivity index (χ4v) is 10.2. The molecule has 3 aliphatic carbocycles. The summed E-state index contributed by atoms with van der Waals surface area (Å²) in [7, 11) is 0.446. The molecule has 2 nitrogen and oxygen atoms in total. The van der Waals surface area contributed by atoms with Crippen LogP contribution in [-0.2, 0) is 8.85 Å². The number of hydrogen-bond acceptors (Lipinski definition) is 2. The molecule has 0 bridgehead atoms. The summed E-state index contributed by atoms with van der Waals surface area (Å²) >= 11 is 0. The first-order valence-electron chi connectivity index (χ1n) is 11.7. The van der Waals surface area contributed by atoms with E-state index in [1.807, 2.05) is 7.11 Å². The normalized spacial score (nSPS) is 23.4. The van der Waals surface area contributed by atoms with Crippen LogP contribution < -0.4 is 0 Å². The fourth-order valence-electron chi connectivity index (χ4n) is 5.99. The third kappa shape index (κ3) is 7.07. The van der Waals surface area contributed by atoms with Crippen molar-refractivity contribution >= 4 is 18.1 Å². The van der Waals surface area contributed by atoms with Crippen LogP contribution in [0.5, 0.6) is 0 Å². The van der Waals surface area contributed by atoms with Crippen molar-refractivity contribution < 1.29 is 8.85 Å². The van der Waals surface area contributed by atoms with Gasteiger partial charge in [-0.2, -0.15) is 0 Å². The van der Waals surface area contributed by atoms with Gasteiger partial charge in [-0.3, -0.25) is 0 Å². The second kappa shape index (κ2) is 12.0. The van der Waals surface area contributed by atoms with Crippen LogP contribution in [-0.4, -0.2) is 31.8 Å². The molecule has 154 valence electrons. The van der Waals surface area contributed by atoms with Gasteiger partial charge in [0.05, 0.1) is 0 Å². The molecule has 0 aromatic heterocycles. The van der Waals surface area contributed by atoms with E-state index in [2.05, 4.69) is 20.0 Å². The highest BCUT2D eigenvalue weighted by atomic mass is 28.4. The molecule has 0 unspecified atom stereocenters. The summed E-state index contributed by atoms with van der Waals surface area (Å²) < 4.78 is 11.3. The lowest BCUT2D eigenvalue weighted by Crippen LogP contribution is -2.35. The second-order valence-electron chi connectivity index (χ2n) is 9.55. The first-order valence-corrected chi connectivity index (χ1v) is 16.3. The third-order valence-electron chi connectivity index (χ3n) is 7.52. The van der Waals surface area contributed by atoms with E-state index >= 15 is 0 Å². The Kier molecular flexibility index (Phi) is 10.5. The molecular weight excluding hydrogens is 352 g/mol. The van der Waals surface area contributed by atoms with Crippen molar-refractivity contribution in [1.82, 2.24) is 0 Å². The Morgan fingerprint density at radius 1 is 0.846 bits per heavy atom. The Morgan fingerprint density at radius 3 is 1.73 bits per heavy atom. The summed E-state index contributed by atoms with van der Waals surface area (Å²) in [5.41, 5.74) is 0.947. The standard InChI is InChI=1S/C13H26OSi.C9H20OSi/c1-14-15-10-13(11-6-2-3-7-11)12-8-4-5-9-12;1-4-10-11(2,3)9-7-5-6-8-9/h11-13H,2-10,15H2,1H3;9H,4-8H2,1-3H3. The van der Waals surface area contributed by atoms with Crippen molar-refractivity contribution in [3.63, 3.8) is 0 Å². The zero-order valence-corrected chi connectivity index (χ0v) is 20.6. The molecule has 3 rings (SSSR count). The molecule has 0 N–H and O–H groups in total. The molecule has 0 spiro atoms. The fraction of sp³-hybridized carbons (Fsp3) is 1.00. The molecule has 0 atom stereocenters. The van der Waals surface area contributed by atoms with E-state index in [4.69, 9.17) is 8.85 Å². The molecule has 4 heteroatoms. The first kappa shape index (κ1) is 22.6. The van der Waals surface area contributed by atoms with Crippen LogP contribution in [0.3, 0.4) is 0 Å². The van der Waals surface area contributed by atoms with Crippen LogP contribution in [0.15, 0.2) is 0 Å². The maximum Gasteiger partial charge on any atom is 0.189 e. The highest BCUT2D eigenvalue weighted by Crippen LogP contribution is 2.43. The highest BCUT2D eigenvalue weighted by molar-refractivity contribution is 6.72. The van der Waals surface area contributed by atoms with E-state index in [-0.39, 0.29) is 9.76 Å². The van der Waals surface area contributed by atoms with Gasteiger partial charge in [0.15, 0.2) is 18.1 Å². The summed E-state index contributed by atoms with van der Waals surface area (Å²) in [6, 6.07) is 1.46. The lowest BCUT2D eigenvalue weighted by molar-refractivity contribution is 0.246. The maximum absolute atomic E-state index is 5.85. The summed E-state index contributed by atoms with van der Waals surface area (Å²) in [6.07, 6.45) is 17.9. The van der Waals surface area contributed by atoms with Crippen molar-refractivity contribution in [2.75, 3.05) is 13.7 Å². The lowest BCUT2D eigenvalue weighted by atomic mass is 9.81. The molecule has 3 fully saturated rings. The maximum atomic E-state index is 5.85. The largest absolute Gasteiger partial charge is 0.427 e. The smallest absolute Gasteiger partial charge is 0.189 e. The first-order chi connectivity index (χ1) is 12.6. The third-order valence-corrected chi connectivity index (χ3v) is 12.4. The molecule has 0 aliphatic heterocycles. The topological polar surface area (TPSA) is 18.5 Å². The summed E-state index contributed by atoms with van der Waals surface area (Å²) in [6.45, 7) is 7.76. The minimum atomic E-state index is -1.27. The van der Waals surface area contributed by atoms with Crippen molar-refractivity contribution in [3.8, 4) is 0 Å². The molecule has 0 saturated heterocycles. The quantitative estimate of drug-likeness (QED) is 0.446. The molecule has 0 aromatic rings. The molecule has 0 amide bonds. The molecule has 3 aliphatic rings. The predicted octanol–water partition coefficient (Wildman–Crippen LogP) is 6.30. The Bertz CT molecular complexity index is 341. The van der Waals surface area contributed by atoms with Crippen molar-refractivity contribution in [2.24, 2.45) is 17.8 Å².